The Hall–Kier alpha value is -4.08. The molecule has 3 aromatic heterocycles. The van der Waals surface area contributed by atoms with Crippen molar-refractivity contribution in [1.82, 2.24) is 24.9 Å². The van der Waals surface area contributed by atoms with Crippen molar-refractivity contribution in [2.24, 2.45) is 0 Å². The minimum Gasteiger partial charge on any atom is -0.365 e. The van der Waals surface area contributed by atoms with Gasteiger partial charge in [-0.3, -0.25) is 4.98 Å². The van der Waals surface area contributed by atoms with Crippen molar-refractivity contribution < 1.29 is 9.84 Å². The highest BCUT2D eigenvalue weighted by atomic mass is 16.6. The fourth-order valence-corrected chi connectivity index (χ4v) is 3.98. The van der Waals surface area contributed by atoms with Gasteiger partial charge in [-0.1, -0.05) is 24.3 Å². The Morgan fingerprint density at radius 1 is 1.06 bits per heavy atom. The van der Waals surface area contributed by atoms with Crippen LogP contribution in [0.4, 0.5) is 17.5 Å². The van der Waals surface area contributed by atoms with Crippen LogP contribution in [0.1, 0.15) is 24.7 Å². The number of hydrogen-bond acceptors (Lipinski definition) is 8. The number of aliphatic hydroxyl groups is 1. The van der Waals surface area contributed by atoms with Crippen LogP contribution in [0.2, 0.25) is 0 Å². The van der Waals surface area contributed by atoms with Gasteiger partial charge in [0.1, 0.15) is 5.52 Å². The second-order valence-electron chi connectivity index (χ2n) is 8.34. The highest BCUT2D eigenvalue weighted by molar-refractivity contribution is 5.96. The first-order chi connectivity index (χ1) is 16.7. The van der Waals surface area contributed by atoms with Gasteiger partial charge < -0.3 is 25.5 Å². The maximum Gasteiger partial charge on any atom is 0.231 e. The van der Waals surface area contributed by atoms with Crippen molar-refractivity contribution in [3.8, 4) is 11.1 Å². The Morgan fingerprint density at radius 2 is 1.91 bits per heavy atom. The first kappa shape index (κ1) is 20.5. The van der Waals surface area contributed by atoms with Crippen molar-refractivity contribution in [3.63, 3.8) is 0 Å². The quantitative estimate of drug-likeness (QED) is 0.265. The molecule has 9 heteroatoms. The van der Waals surface area contributed by atoms with Gasteiger partial charge in [0.05, 0.1) is 11.8 Å². The summed E-state index contributed by atoms with van der Waals surface area (Å²) < 4.78 is 4.99. The predicted octanol–water partition coefficient (Wildman–Crippen LogP) is 4.52. The van der Waals surface area contributed by atoms with Crippen molar-refractivity contribution in [1.29, 1.82) is 0 Å². The molecule has 4 N–H and O–H groups in total. The molecule has 1 aliphatic carbocycles. The minimum atomic E-state index is -0.940. The summed E-state index contributed by atoms with van der Waals surface area (Å²) in [7, 11) is 1.47. The zero-order chi connectivity index (χ0) is 23.1. The Balaban J connectivity index is 1.35. The number of rotatable bonds is 7. The van der Waals surface area contributed by atoms with Crippen LogP contribution in [0, 0.1) is 0 Å². The number of methoxy groups -OCH3 is 1. The number of hydrogen-bond donors (Lipinski definition) is 4. The fourth-order valence-electron chi connectivity index (χ4n) is 3.98. The summed E-state index contributed by atoms with van der Waals surface area (Å²) >= 11 is 0. The van der Waals surface area contributed by atoms with E-state index in [0.29, 0.717) is 23.2 Å². The minimum absolute atomic E-state index is 0.458. The molecule has 9 nitrogen and oxygen atoms in total. The van der Waals surface area contributed by atoms with Gasteiger partial charge >= 0.3 is 0 Å². The smallest absolute Gasteiger partial charge is 0.231 e. The fraction of sp³-hybridized carbons (Fsp3) is 0.200. The molecule has 1 atom stereocenters. The van der Waals surface area contributed by atoms with Gasteiger partial charge in [-0.25, -0.2) is 4.98 Å². The second-order valence-corrected chi connectivity index (χ2v) is 8.34. The van der Waals surface area contributed by atoms with Crippen LogP contribution < -0.4 is 10.6 Å². The SMILES string of the molecule is COC(O)c1ccc(-c2ccnc3ccc(Nc4nc(NC5CC5)c5[nH]cnc5n4)cc23)cc1. The molecule has 1 fully saturated rings. The van der Waals surface area contributed by atoms with Crippen LogP contribution in [0.5, 0.6) is 0 Å². The first-order valence-electron chi connectivity index (χ1n) is 11.1. The molecule has 1 saturated carbocycles. The largest absolute Gasteiger partial charge is 0.365 e. The topological polar surface area (TPSA) is 121 Å². The third-order valence-electron chi connectivity index (χ3n) is 5.93. The number of anilines is 3. The van der Waals surface area contributed by atoms with E-state index in [1.54, 1.807) is 12.5 Å². The number of H-pyrrole nitrogens is 1. The lowest BCUT2D eigenvalue weighted by molar-refractivity contribution is -0.0769. The highest BCUT2D eigenvalue weighted by Crippen LogP contribution is 2.32. The van der Waals surface area contributed by atoms with E-state index >= 15 is 0 Å². The van der Waals surface area contributed by atoms with Gasteiger partial charge in [0.2, 0.25) is 5.95 Å². The number of aromatic amines is 1. The lowest BCUT2D eigenvalue weighted by Gasteiger charge is -2.12. The second kappa shape index (κ2) is 8.36. The number of nitrogens with one attached hydrogen (secondary N) is 3. The third-order valence-corrected chi connectivity index (χ3v) is 5.93. The van der Waals surface area contributed by atoms with E-state index in [4.69, 9.17) is 4.74 Å². The van der Waals surface area contributed by atoms with Crippen LogP contribution >= 0.6 is 0 Å². The van der Waals surface area contributed by atoms with Crippen molar-refractivity contribution in [2.75, 3.05) is 17.7 Å². The van der Waals surface area contributed by atoms with Crippen LogP contribution in [0.15, 0.2) is 61.1 Å². The van der Waals surface area contributed by atoms with E-state index in [1.807, 2.05) is 48.5 Å². The van der Waals surface area contributed by atoms with Gasteiger partial charge in [-0.05, 0) is 48.2 Å². The summed E-state index contributed by atoms with van der Waals surface area (Å²) in [6.45, 7) is 0. The summed E-state index contributed by atoms with van der Waals surface area (Å²) in [5.41, 5.74) is 5.90. The average molecular weight is 454 g/mol. The zero-order valence-electron chi connectivity index (χ0n) is 18.5. The Morgan fingerprint density at radius 3 is 2.71 bits per heavy atom. The average Bonchev–Trinajstić information content (AvgIpc) is 3.56. The number of benzene rings is 2. The lowest BCUT2D eigenvalue weighted by atomic mass is 9.99. The summed E-state index contributed by atoms with van der Waals surface area (Å²) in [6, 6.07) is 16.1. The number of ether oxygens (including phenoxy) is 1. The van der Waals surface area contributed by atoms with E-state index in [9.17, 15) is 5.11 Å². The van der Waals surface area contributed by atoms with Gasteiger partial charge in [0.15, 0.2) is 17.8 Å². The summed E-state index contributed by atoms with van der Waals surface area (Å²) in [5, 5.41) is 17.7. The Kier molecular flexibility index (Phi) is 5.05. The molecule has 3 heterocycles. The monoisotopic (exact) mass is 453 g/mol. The van der Waals surface area contributed by atoms with Crippen LogP contribution in [-0.4, -0.2) is 43.2 Å². The van der Waals surface area contributed by atoms with Gasteiger partial charge in [0, 0.05) is 36.0 Å². The molecule has 0 aliphatic heterocycles. The van der Waals surface area contributed by atoms with Crippen LogP contribution in [-0.2, 0) is 4.74 Å². The number of nitrogens with zero attached hydrogens (tertiary/aromatic N) is 4. The van der Waals surface area contributed by atoms with E-state index in [-0.39, 0.29) is 0 Å². The predicted molar refractivity (Wildman–Crippen MR) is 131 cm³/mol. The molecule has 0 saturated heterocycles. The summed E-state index contributed by atoms with van der Waals surface area (Å²) in [4.78, 5) is 21.2. The Bertz CT molecular complexity index is 1480. The molecule has 1 unspecified atom stereocenters. The van der Waals surface area contributed by atoms with Crippen molar-refractivity contribution in [2.45, 2.75) is 25.2 Å². The van der Waals surface area contributed by atoms with E-state index < -0.39 is 6.29 Å². The van der Waals surface area contributed by atoms with Crippen molar-refractivity contribution in [3.05, 3.63) is 66.6 Å². The van der Waals surface area contributed by atoms with Gasteiger partial charge in [-0.15, -0.1) is 0 Å². The molecule has 5 aromatic rings. The standard InChI is InChI=1S/C25H23N7O2/c1-34-24(33)15-4-2-14(3-5-15)18-10-11-26-20-9-8-17(12-19(18)20)30-25-31-22-21(27-13-28-22)23(32-25)29-16-6-7-16/h2-5,8-13,16,24,33H,6-7H2,1H3,(H3,27,28,29,30,31,32). The third kappa shape index (κ3) is 3.91. The molecule has 6 rings (SSSR count). The zero-order valence-corrected chi connectivity index (χ0v) is 18.5. The molecule has 0 bridgehead atoms. The molecular weight excluding hydrogens is 430 g/mol. The number of imidazole rings is 1. The van der Waals surface area contributed by atoms with Crippen molar-refractivity contribution >= 4 is 39.5 Å². The van der Waals surface area contributed by atoms with Gasteiger partial charge in [-0.2, -0.15) is 9.97 Å². The molecule has 1 aliphatic rings. The van der Waals surface area contributed by atoms with Crippen LogP contribution in [0.25, 0.3) is 33.2 Å². The lowest BCUT2D eigenvalue weighted by Crippen LogP contribution is -2.07. The maximum atomic E-state index is 9.90. The number of pyridine rings is 1. The van der Waals surface area contributed by atoms with E-state index in [1.165, 1.54) is 7.11 Å². The maximum absolute atomic E-state index is 9.90. The molecule has 2 aromatic carbocycles. The Labute approximate surface area is 195 Å². The molecule has 0 spiro atoms. The number of fused-ring (bicyclic) bond motifs is 2. The summed E-state index contributed by atoms with van der Waals surface area (Å²) in [6.07, 6.45) is 4.78. The van der Waals surface area contributed by atoms with Gasteiger partial charge in [0.25, 0.3) is 0 Å². The molecule has 0 radical (unpaired) electrons. The molecular formula is C25H23N7O2. The van der Waals surface area contributed by atoms with E-state index in [0.717, 1.165) is 51.9 Å². The highest BCUT2D eigenvalue weighted by Gasteiger charge is 2.23. The number of aliphatic hydroxyl groups excluding tert-OH is 1. The molecule has 0 amide bonds. The normalized spacial score (nSPS) is 14.4. The number of aromatic nitrogens is 5. The summed E-state index contributed by atoms with van der Waals surface area (Å²) in [5.74, 6) is 1.24. The molecule has 34 heavy (non-hydrogen) atoms. The van der Waals surface area contributed by atoms with Crippen LogP contribution in [0.3, 0.4) is 0 Å². The van der Waals surface area contributed by atoms with E-state index in [2.05, 4.69) is 35.6 Å². The first-order valence-corrected chi connectivity index (χ1v) is 11.1. The molecule has 170 valence electrons.